The number of hydrogen-bond donors (Lipinski definition) is 1. The minimum Gasteiger partial charge on any atom is -0.339 e. The van der Waals surface area contributed by atoms with Crippen molar-refractivity contribution >= 4 is 11.8 Å². The molecule has 1 saturated heterocycles. The number of hydrogen-bond acceptors (Lipinski definition) is 5. The van der Waals surface area contributed by atoms with E-state index in [0.29, 0.717) is 6.04 Å². The fourth-order valence-corrected chi connectivity index (χ4v) is 6.85. The first-order chi connectivity index (χ1) is 10.8. The summed E-state index contributed by atoms with van der Waals surface area (Å²) in [4.78, 5) is 4.87. The Morgan fingerprint density at radius 3 is 2.50 bits per heavy atom. The predicted molar refractivity (Wildman–Crippen MR) is 87.0 cm³/mol. The first-order valence-electron chi connectivity index (χ1n) is 8.93. The van der Waals surface area contributed by atoms with Crippen LogP contribution in [0.2, 0.25) is 0 Å². The van der Waals surface area contributed by atoms with Gasteiger partial charge in [-0.2, -0.15) is 16.7 Å². The molecule has 22 heavy (non-hydrogen) atoms. The number of aromatic nitrogens is 2. The lowest BCUT2D eigenvalue weighted by atomic mass is 9.49. The predicted octanol–water partition coefficient (Wildman–Crippen LogP) is 2.78. The van der Waals surface area contributed by atoms with Crippen molar-refractivity contribution in [1.29, 1.82) is 0 Å². The molecule has 4 saturated carbocycles. The Balaban J connectivity index is 1.35. The van der Waals surface area contributed by atoms with Gasteiger partial charge < -0.3 is 9.84 Å². The summed E-state index contributed by atoms with van der Waals surface area (Å²) in [5.74, 6) is 7.09. The molecule has 5 aliphatic rings. The van der Waals surface area contributed by atoms with Crippen molar-refractivity contribution in [3.63, 3.8) is 0 Å². The quantitative estimate of drug-likeness (QED) is 0.928. The van der Waals surface area contributed by atoms with Gasteiger partial charge in [0.25, 0.3) is 0 Å². The minimum absolute atomic E-state index is 0.269. The summed E-state index contributed by atoms with van der Waals surface area (Å²) in [6.07, 6.45) is 9.24. The number of thioether (sulfide) groups is 1. The zero-order valence-electron chi connectivity index (χ0n) is 13.1. The second kappa shape index (κ2) is 5.23. The summed E-state index contributed by atoms with van der Waals surface area (Å²) in [5.41, 5.74) is 0.269. The van der Waals surface area contributed by atoms with Crippen molar-refractivity contribution in [2.75, 3.05) is 18.1 Å². The van der Waals surface area contributed by atoms with Crippen molar-refractivity contribution in [3.05, 3.63) is 11.7 Å². The zero-order valence-corrected chi connectivity index (χ0v) is 13.9. The Morgan fingerprint density at radius 2 is 1.86 bits per heavy atom. The van der Waals surface area contributed by atoms with Crippen molar-refractivity contribution < 1.29 is 4.52 Å². The van der Waals surface area contributed by atoms with Gasteiger partial charge in [0.2, 0.25) is 5.89 Å². The van der Waals surface area contributed by atoms with E-state index < -0.39 is 0 Å². The maximum absolute atomic E-state index is 5.65. The van der Waals surface area contributed by atoms with Crippen LogP contribution in [0.4, 0.5) is 0 Å². The van der Waals surface area contributed by atoms with E-state index in [1.54, 1.807) is 0 Å². The highest BCUT2D eigenvalue weighted by Gasteiger charge is 2.53. The smallest absolute Gasteiger partial charge is 0.228 e. The second-order valence-electron chi connectivity index (χ2n) is 8.14. The normalized spacial score (nSPS) is 43.6. The molecule has 1 aromatic rings. The first kappa shape index (κ1) is 13.8. The Kier molecular flexibility index (Phi) is 3.29. The van der Waals surface area contributed by atoms with Crippen LogP contribution in [0.5, 0.6) is 0 Å². The van der Waals surface area contributed by atoms with Crippen LogP contribution < -0.4 is 5.32 Å². The van der Waals surface area contributed by atoms with Crippen molar-refractivity contribution in [3.8, 4) is 0 Å². The third-order valence-corrected chi connectivity index (χ3v) is 7.53. The van der Waals surface area contributed by atoms with Crippen molar-refractivity contribution in [2.45, 2.75) is 56.4 Å². The molecule has 4 aliphatic carbocycles. The van der Waals surface area contributed by atoms with Crippen LogP contribution in [0.15, 0.2) is 4.52 Å². The molecule has 0 amide bonds. The highest BCUT2D eigenvalue weighted by Crippen LogP contribution is 2.60. The van der Waals surface area contributed by atoms with Gasteiger partial charge in [-0.15, -0.1) is 0 Å². The molecule has 4 bridgehead atoms. The molecule has 5 fully saturated rings. The lowest BCUT2D eigenvalue weighted by molar-refractivity contribution is -0.0103. The summed E-state index contributed by atoms with van der Waals surface area (Å²) in [5, 5.41) is 8.01. The molecule has 0 aromatic carbocycles. The molecule has 1 atom stereocenters. The third-order valence-electron chi connectivity index (χ3n) is 6.40. The highest BCUT2D eigenvalue weighted by molar-refractivity contribution is 7.99. The average molecular weight is 319 g/mol. The van der Waals surface area contributed by atoms with E-state index in [4.69, 9.17) is 9.51 Å². The maximum atomic E-state index is 5.65. The van der Waals surface area contributed by atoms with Crippen LogP contribution in [0.1, 0.15) is 50.2 Å². The van der Waals surface area contributed by atoms with Gasteiger partial charge >= 0.3 is 0 Å². The Bertz CT molecular complexity index is 517. The fraction of sp³-hybridized carbons (Fsp3) is 0.882. The molecule has 0 spiro atoms. The number of nitrogens with one attached hydrogen (secondary N) is 1. The molecular weight excluding hydrogens is 294 g/mol. The van der Waals surface area contributed by atoms with Crippen LogP contribution in [0.25, 0.3) is 0 Å². The van der Waals surface area contributed by atoms with Crippen molar-refractivity contribution in [2.24, 2.45) is 17.8 Å². The average Bonchev–Trinajstić information content (AvgIpc) is 2.96. The summed E-state index contributed by atoms with van der Waals surface area (Å²) in [7, 11) is 0. The number of rotatable bonds is 3. The van der Waals surface area contributed by atoms with E-state index in [1.807, 2.05) is 11.8 Å². The lowest BCUT2D eigenvalue weighted by Crippen LogP contribution is -2.49. The SMILES string of the molecule is C1CSCC(Cc2nc(C34CC5CC(CC(C5)C3)C4)no2)N1. The van der Waals surface area contributed by atoms with E-state index in [2.05, 4.69) is 10.5 Å². The van der Waals surface area contributed by atoms with Crippen LogP contribution in [0, 0.1) is 17.8 Å². The summed E-state index contributed by atoms with van der Waals surface area (Å²) < 4.78 is 5.65. The monoisotopic (exact) mass is 319 g/mol. The van der Waals surface area contributed by atoms with Gasteiger partial charge in [-0.25, -0.2) is 0 Å². The van der Waals surface area contributed by atoms with Gasteiger partial charge in [-0.3, -0.25) is 0 Å². The fourth-order valence-electron chi connectivity index (χ4n) is 5.90. The molecular formula is C17H25N3OS. The van der Waals surface area contributed by atoms with E-state index in [-0.39, 0.29) is 5.41 Å². The molecule has 4 nitrogen and oxygen atoms in total. The van der Waals surface area contributed by atoms with Gasteiger partial charge in [-0.05, 0) is 56.3 Å². The molecule has 1 N–H and O–H groups in total. The third kappa shape index (κ3) is 2.32. The van der Waals surface area contributed by atoms with Gasteiger partial charge in [0.05, 0.1) is 0 Å². The van der Waals surface area contributed by atoms with Crippen LogP contribution in [-0.2, 0) is 11.8 Å². The highest BCUT2D eigenvalue weighted by atomic mass is 32.2. The summed E-state index contributed by atoms with van der Waals surface area (Å²) in [6, 6.07) is 0.503. The van der Waals surface area contributed by atoms with Crippen LogP contribution in [-0.4, -0.2) is 34.2 Å². The van der Waals surface area contributed by atoms with Crippen LogP contribution in [0.3, 0.4) is 0 Å². The standard InChI is InChI=1S/C17H25N3OS/c1-2-22-10-14(18-1)6-15-19-16(20-21-15)17-7-11-3-12(8-17)5-13(4-11)9-17/h11-14,18H,1-10H2. The maximum Gasteiger partial charge on any atom is 0.228 e. The largest absolute Gasteiger partial charge is 0.339 e. The van der Waals surface area contributed by atoms with E-state index in [1.165, 1.54) is 44.3 Å². The van der Waals surface area contributed by atoms with Gasteiger partial charge in [0, 0.05) is 35.9 Å². The lowest BCUT2D eigenvalue weighted by Gasteiger charge is -2.55. The first-order valence-corrected chi connectivity index (χ1v) is 10.1. The Morgan fingerprint density at radius 1 is 1.14 bits per heavy atom. The van der Waals surface area contributed by atoms with E-state index in [0.717, 1.165) is 48.2 Å². The molecule has 120 valence electrons. The van der Waals surface area contributed by atoms with Crippen LogP contribution >= 0.6 is 11.8 Å². The number of nitrogens with zero attached hydrogens (tertiary/aromatic N) is 2. The topological polar surface area (TPSA) is 51.0 Å². The molecule has 2 heterocycles. The molecule has 1 aromatic heterocycles. The minimum atomic E-state index is 0.269. The summed E-state index contributed by atoms with van der Waals surface area (Å²) in [6.45, 7) is 1.10. The van der Waals surface area contributed by atoms with E-state index in [9.17, 15) is 0 Å². The second-order valence-corrected chi connectivity index (χ2v) is 9.29. The molecule has 1 aliphatic heterocycles. The zero-order chi connectivity index (χ0) is 14.6. The van der Waals surface area contributed by atoms with Gasteiger partial charge in [0.1, 0.15) is 0 Å². The van der Waals surface area contributed by atoms with E-state index >= 15 is 0 Å². The molecule has 6 rings (SSSR count). The molecule has 1 unspecified atom stereocenters. The Hall–Kier alpha value is -0.550. The summed E-state index contributed by atoms with van der Waals surface area (Å²) >= 11 is 2.02. The van der Waals surface area contributed by atoms with Gasteiger partial charge in [0.15, 0.2) is 5.82 Å². The molecule has 0 radical (unpaired) electrons. The molecule has 5 heteroatoms. The van der Waals surface area contributed by atoms with Crippen molar-refractivity contribution in [1.82, 2.24) is 15.5 Å². The Labute approximate surface area is 136 Å². The van der Waals surface area contributed by atoms with Gasteiger partial charge in [-0.1, -0.05) is 5.16 Å².